The minimum Gasteiger partial charge on any atom is -0.493 e. The number of nitrogens with one attached hydrogen (secondary N) is 1. The number of para-hydroxylation sites is 1. The Kier molecular flexibility index (Phi) is 5.98. The van der Waals surface area contributed by atoms with Crippen LogP contribution in [-0.4, -0.2) is 17.7 Å². The van der Waals surface area contributed by atoms with Crippen molar-refractivity contribution in [2.24, 2.45) is 0 Å². The molecule has 0 aromatic heterocycles. The van der Waals surface area contributed by atoms with Gasteiger partial charge in [0.15, 0.2) is 0 Å². The fourth-order valence-electron chi connectivity index (χ4n) is 2.11. The maximum atomic E-state index is 10.8. The summed E-state index contributed by atoms with van der Waals surface area (Å²) in [4.78, 5) is 10.8. The van der Waals surface area contributed by atoms with Gasteiger partial charge < -0.3 is 15.2 Å². The second-order valence-electron chi connectivity index (χ2n) is 5.06. The lowest BCUT2D eigenvalue weighted by atomic mass is 10.1. The lowest BCUT2D eigenvalue weighted by Crippen LogP contribution is -2.14. The van der Waals surface area contributed by atoms with E-state index in [0.29, 0.717) is 25.3 Å². The molecular formula is C18H21NO3. The van der Waals surface area contributed by atoms with E-state index in [1.165, 1.54) is 0 Å². The van der Waals surface area contributed by atoms with Crippen molar-refractivity contribution in [3.05, 3.63) is 65.2 Å². The first kappa shape index (κ1) is 16.0. The number of benzene rings is 2. The lowest BCUT2D eigenvalue weighted by molar-refractivity contribution is 0.0697. The molecule has 0 bridgehead atoms. The van der Waals surface area contributed by atoms with E-state index < -0.39 is 5.97 Å². The van der Waals surface area contributed by atoms with Crippen LogP contribution in [0.3, 0.4) is 0 Å². The number of hydrogen-bond acceptors (Lipinski definition) is 3. The normalized spacial score (nSPS) is 10.4. The Hall–Kier alpha value is -2.33. The van der Waals surface area contributed by atoms with Crippen molar-refractivity contribution in [1.82, 2.24) is 5.32 Å². The van der Waals surface area contributed by atoms with E-state index in [1.807, 2.05) is 36.4 Å². The molecule has 0 saturated carbocycles. The van der Waals surface area contributed by atoms with Crippen LogP contribution in [0.1, 0.15) is 34.8 Å². The number of aromatic carboxylic acids is 1. The van der Waals surface area contributed by atoms with Crippen LogP contribution in [0.25, 0.3) is 0 Å². The average Bonchev–Trinajstić information content (AvgIpc) is 2.54. The van der Waals surface area contributed by atoms with Gasteiger partial charge in [0.05, 0.1) is 12.2 Å². The molecule has 0 amide bonds. The van der Waals surface area contributed by atoms with Crippen molar-refractivity contribution in [3.8, 4) is 5.75 Å². The largest absolute Gasteiger partial charge is 0.493 e. The third-order valence-electron chi connectivity index (χ3n) is 3.28. The molecule has 0 aliphatic carbocycles. The van der Waals surface area contributed by atoms with Crippen molar-refractivity contribution < 1.29 is 14.6 Å². The molecule has 116 valence electrons. The quantitative estimate of drug-likeness (QED) is 0.783. The Balaban J connectivity index is 1.89. The van der Waals surface area contributed by atoms with Crippen molar-refractivity contribution in [1.29, 1.82) is 0 Å². The van der Waals surface area contributed by atoms with Gasteiger partial charge in [-0.15, -0.1) is 0 Å². The van der Waals surface area contributed by atoms with Crippen molar-refractivity contribution in [3.63, 3.8) is 0 Å². The van der Waals surface area contributed by atoms with Gasteiger partial charge in [-0.05, 0) is 30.2 Å². The number of carboxylic acid groups (broad SMARTS) is 1. The summed E-state index contributed by atoms with van der Waals surface area (Å²) in [5, 5.41) is 12.2. The first-order valence-electron chi connectivity index (χ1n) is 7.44. The van der Waals surface area contributed by atoms with Crippen LogP contribution >= 0.6 is 0 Å². The number of carboxylic acids is 1. The van der Waals surface area contributed by atoms with Crippen molar-refractivity contribution in [2.75, 3.05) is 6.61 Å². The van der Waals surface area contributed by atoms with Gasteiger partial charge in [0.25, 0.3) is 0 Å². The summed E-state index contributed by atoms with van der Waals surface area (Å²) in [6, 6.07) is 14.9. The van der Waals surface area contributed by atoms with E-state index in [0.717, 1.165) is 23.3 Å². The summed E-state index contributed by atoms with van der Waals surface area (Å²) < 4.78 is 5.73. The zero-order chi connectivity index (χ0) is 15.8. The molecule has 4 heteroatoms. The predicted molar refractivity (Wildman–Crippen MR) is 86.2 cm³/mol. The molecule has 22 heavy (non-hydrogen) atoms. The molecule has 0 aliphatic rings. The molecule has 0 radical (unpaired) electrons. The van der Waals surface area contributed by atoms with E-state index in [-0.39, 0.29) is 0 Å². The molecule has 0 unspecified atom stereocenters. The smallest absolute Gasteiger partial charge is 0.335 e. The zero-order valence-corrected chi connectivity index (χ0v) is 12.7. The fraction of sp³-hybridized carbons (Fsp3) is 0.278. The van der Waals surface area contributed by atoms with Crippen LogP contribution in [0, 0.1) is 0 Å². The highest BCUT2D eigenvalue weighted by atomic mass is 16.5. The SMILES string of the molecule is CCCOc1ccccc1CNCc1ccc(C(=O)O)cc1. The fourth-order valence-corrected chi connectivity index (χ4v) is 2.11. The number of carbonyl (C=O) groups is 1. The third kappa shape index (κ3) is 4.60. The Bertz CT molecular complexity index is 608. The standard InChI is InChI=1S/C18H21NO3/c1-2-11-22-17-6-4-3-5-16(17)13-19-12-14-7-9-15(10-8-14)18(20)21/h3-10,19H,2,11-13H2,1H3,(H,20,21). The summed E-state index contributed by atoms with van der Waals surface area (Å²) in [7, 11) is 0. The summed E-state index contributed by atoms with van der Waals surface area (Å²) >= 11 is 0. The molecule has 0 atom stereocenters. The molecule has 0 fully saturated rings. The molecule has 0 aliphatic heterocycles. The molecule has 2 rings (SSSR count). The van der Waals surface area contributed by atoms with Crippen molar-refractivity contribution in [2.45, 2.75) is 26.4 Å². The highest BCUT2D eigenvalue weighted by molar-refractivity contribution is 5.87. The Morgan fingerprint density at radius 3 is 2.50 bits per heavy atom. The minimum absolute atomic E-state index is 0.307. The van der Waals surface area contributed by atoms with Gasteiger partial charge in [0, 0.05) is 18.7 Å². The molecule has 0 heterocycles. The Morgan fingerprint density at radius 1 is 1.09 bits per heavy atom. The number of hydrogen-bond donors (Lipinski definition) is 2. The van der Waals surface area contributed by atoms with Crippen LogP contribution in [0.15, 0.2) is 48.5 Å². The van der Waals surface area contributed by atoms with Crippen LogP contribution < -0.4 is 10.1 Å². The van der Waals surface area contributed by atoms with E-state index in [1.54, 1.807) is 12.1 Å². The molecule has 0 spiro atoms. The van der Waals surface area contributed by atoms with Gasteiger partial charge >= 0.3 is 5.97 Å². The van der Waals surface area contributed by atoms with E-state index in [2.05, 4.69) is 12.2 Å². The summed E-state index contributed by atoms with van der Waals surface area (Å²) in [5.41, 5.74) is 2.48. The second kappa shape index (κ2) is 8.20. The summed E-state index contributed by atoms with van der Waals surface area (Å²) in [6.07, 6.45) is 0.984. The Labute approximate surface area is 130 Å². The minimum atomic E-state index is -0.901. The molecule has 2 aromatic carbocycles. The topological polar surface area (TPSA) is 58.6 Å². The van der Waals surface area contributed by atoms with Crippen molar-refractivity contribution >= 4 is 5.97 Å². The zero-order valence-electron chi connectivity index (χ0n) is 12.7. The number of ether oxygens (including phenoxy) is 1. The summed E-state index contributed by atoms with van der Waals surface area (Å²) in [5.74, 6) is 0.0135. The second-order valence-corrected chi connectivity index (χ2v) is 5.06. The van der Waals surface area contributed by atoms with Gasteiger partial charge in [-0.1, -0.05) is 37.3 Å². The maximum absolute atomic E-state index is 10.8. The molecule has 0 saturated heterocycles. The molecule has 2 N–H and O–H groups in total. The van der Waals surface area contributed by atoms with E-state index >= 15 is 0 Å². The van der Waals surface area contributed by atoms with Gasteiger partial charge in [0.1, 0.15) is 5.75 Å². The first-order valence-corrected chi connectivity index (χ1v) is 7.44. The van der Waals surface area contributed by atoms with Gasteiger partial charge in [-0.2, -0.15) is 0 Å². The summed E-state index contributed by atoms with van der Waals surface area (Å²) in [6.45, 7) is 4.19. The highest BCUT2D eigenvalue weighted by Gasteiger charge is 2.04. The Morgan fingerprint density at radius 2 is 1.82 bits per heavy atom. The lowest BCUT2D eigenvalue weighted by Gasteiger charge is -2.11. The monoisotopic (exact) mass is 299 g/mol. The molecule has 2 aromatic rings. The molecule has 4 nitrogen and oxygen atoms in total. The average molecular weight is 299 g/mol. The van der Waals surface area contributed by atoms with E-state index in [9.17, 15) is 4.79 Å². The first-order chi connectivity index (χ1) is 10.7. The van der Waals surface area contributed by atoms with Crippen LogP contribution in [0.4, 0.5) is 0 Å². The van der Waals surface area contributed by atoms with Gasteiger partial charge in [-0.3, -0.25) is 0 Å². The maximum Gasteiger partial charge on any atom is 0.335 e. The molecular weight excluding hydrogens is 278 g/mol. The highest BCUT2D eigenvalue weighted by Crippen LogP contribution is 2.18. The third-order valence-corrected chi connectivity index (χ3v) is 3.28. The number of rotatable bonds is 8. The van der Waals surface area contributed by atoms with Crippen LogP contribution in [0.5, 0.6) is 5.75 Å². The van der Waals surface area contributed by atoms with E-state index in [4.69, 9.17) is 9.84 Å². The predicted octanol–water partition coefficient (Wildman–Crippen LogP) is 3.46. The van der Waals surface area contributed by atoms with Gasteiger partial charge in [0.2, 0.25) is 0 Å². The van der Waals surface area contributed by atoms with Crippen LogP contribution in [0.2, 0.25) is 0 Å². The van der Waals surface area contributed by atoms with Gasteiger partial charge in [-0.25, -0.2) is 4.79 Å². The van der Waals surface area contributed by atoms with Crippen LogP contribution in [-0.2, 0) is 13.1 Å².